The lowest BCUT2D eigenvalue weighted by atomic mass is 9.41. The van der Waals surface area contributed by atoms with Crippen LogP contribution < -0.4 is 0 Å². The highest BCUT2D eigenvalue weighted by atomic mass is 16.7. The molecule has 7 N–H and O–H groups in total. The zero-order valence-electron chi connectivity index (χ0n) is 30.2. The first kappa shape index (κ1) is 36.9. The molecule has 6 fully saturated rings. The number of ether oxygens (including phenoxy) is 3. The highest BCUT2D eigenvalue weighted by Gasteiger charge is 2.85. The van der Waals surface area contributed by atoms with Gasteiger partial charge < -0.3 is 50.0 Å². The second-order valence-electron chi connectivity index (χ2n) is 18.7. The summed E-state index contributed by atoms with van der Waals surface area (Å²) < 4.78 is 18.2. The summed E-state index contributed by atoms with van der Waals surface area (Å²) in [5, 5.41) is 76.1. The Morgan fingerprint density at radius 1 is 0.896 bits per heavy atom. The number of aliphatic hydroxyl groups is 7. The molecule has 2 spiro atoms. The molecule has 6 aliphatic rings. The number of aliphatic hydroxyl groups excluding tert-OH is 5. The Bertz CT molecular complexity index is 1250. The van der Waals surface area contributed by atoms with Crippen molar-refractivity contribution in [3.8, 4) is 0 Å². The van der Waals surface area contributed by atoms with Crippen molar-refractivity contribution in [1.82, 2.24) is 0 Å². The van der Waals surface area contributed by atoms with Gasteiger partial charge in [-0.15, -0.1) is 0 Å². The van der Waals surface area contributed by atoms with Gasteiger partial charge >= 0.3 is 5.97 Å². The SMILES string of the molecule is CC(=O)O[C@H]1[C@H](O)C([C@@](C)(O)CC[C@@H](O)C(C)(C)O)[C@@]2(C)CC[C@@]34C[C@@]35CC[C@H](O[C@@H]3OC[C@@H](O)[C@H](O)[C@H]3O)C(C)(C)C5CCC4[C@]12C. The average molecular weight is 683 g/mol. The summed E-state index contributed by atoms with van der Waals surface area (Å²) in [5.41, 5.74) is -4.15. The second-order valence-corrected chi connectivity index (χ2v) is 18.7. The summed E-state index contributed by atoms with van der Waals surface area (Å²) in [6.45, 7) is 14.9. The number of hydrogen-bond donors (Lipinski definition) is 7. The van der Waals surface area contributed by atoms with Crippen LogP contribution in [0, 0.1) is 44.8 Å². The Hall–Kier alpha value is -0.890. The Morgan fingerprint density at radius 3 is 2.15 bits per heavy atom. The summed E-state index contributed by atoms with van der Waals surface area (Å²) in [6, 6.07) is 0. The standard InChI is InChI=1S/C37H62O11/c1-19(38)47-29-27(43)28(34(7,45)13-11-23(40)32(4,5)44)33(6)15-16-37-18-36(37)14-12-24(48-30-26(42)25(41)20(39)17-46-30)31(2,3)21(36)9-10-22(37)35(29,33)8/h20-30,39-45H,9-18H2,1-8H3/t20-,21?,22?,23-,24+,25+,26-,27-,28?,29+,30+,33-,34+,35-,36-,37+/m1/s1. The van der Waals surface area contributed by atoms with E-state index in [9.17, 15) is 40.5 Å². The number of rotatable bonds is 8. The molecular weight excluding hydrogens is 620 g/mol. The molecule has 1 saturated heterocycles. The molecule has 0 amide bonds. The minimum absolute atomic E-state index is 0.0104. The van der Waals surface area contributed by atoms with Gasteiger partial charge in [-0.1, -0.05) is 27.7 Å². The van der Waals surface area contributed by atoms with E-state index in [1.807, 2.05) is 0 Å². The van der Waals surface area contributed by atoms with Crippen molar-refractivity contribution in [2.45, 2.75) is 173 Å². The summed E-state index contributed by atoms with van der Waals surface area (Å²) >= 11 is 0. The van der Waals surface area contributed by atoms with E-state index >= 15 is 0 Å². The van der Waals surface area contributed by atoms with Gasteiger partial charge in [-0.3, -0.25) is 4.79 Å². The minimum atomic E-state index is -1.40. The van der Waals surface area contributed by atoms with Gasteiger partial charge in [0.15, 0.2) is 6.29 Å². The Kier molecular flexibility index (Phi) is 8.88. The van der Waals surface area contributed by atoms with Crippen LogP contribution >= 0.6 is 0 Å². The third-order valence-corrected chi connectivity index (χ3v) is 15.6. The first-order valence-electron chi connectivity index (χ1n) is 18.3. The smallest absolute Gasteiger partial charge is 0.303 e. The molecule has 11 heteroatoms. The van der Waals surface area contributed by atoms with E-state index in [-0.39, 0.29) is 47.7 Å². The van der Waals surface area contributed by atoms with Crippen LogP contribution in [0.2, 0.25) is 0 Å². The van der Waals surface area contributed by atoms with Gasteiger partial charge in [-0.2, -0.15) is 0 Å². The third kappa shape index (κ3) is 5.03. The van der Waals surface area contributed by atoms with Crippen molar-refractivity contribution in [2.75, 3.05) is 6.61 Å². The monoisotopic (exact) mass is 682 g/mol. The lowest BCUT2D eigenvalue weighted by molar-refractivity contribution is -0.303. The van der Waals surface area contributed by atoms with Crippen molar-refractivity contribution < 1.29 is 54.8 Å². The third-order valence-electron chi connectivity index (χ3n) is 15.6. The number of carbonyl (C=O) groups is 1. The van der Waals surface area contributed by atoms with Crippen LogP contribution in [-0.2, 0) is 19.0 Å². The first-order valence-corrected chi connectivity index (χ1v) is 18.3. The van der Waals surface area contributed by atoms with Crippen LogP contribution in [0.3, 0.4) is 0 Å². The molecule has 0 aromatic carbocycles. The molecule has 11 nitrogen and oxygen atoms in total. The molecule has 0 bridgehead atoms. The lowest BCUT2D eigenvalue weighted by Gasteiger charge is -2.64. The Labute approximate surface area is 285 Å². The van der Waals surface area contributed by atoms with E-state index < -0.39 is 76.8 Å². The fourth-order valence-electron chi connectivity index (χ4n) is 13.0. The largest absolute Gasteiger partial charge is 0.459 e. The van der Waals surface area contributed by atoms with Gasteiger partial charge in [0.05, 0.1) is 36.1 Å². The first-order chi connectivity index (χ1) is 22.0. The maximum Gasteiger partial charge on any atom is 0.303 e. The van der Waals surface area contributed by atoms with Crippen molar-refractivity contribution in [1.29, 1.82) is 0 Å². The van der Waals surface area contributed by atoms with Crippen LogP contribution in [0.15, 0.2) is 0 Å². The van der Waals surface area contributed by atoms with E-state index in [4.69, 9.17) is 14.2 Å². The summed E-state index contributed by atoms with van der Waals surface area (Å²) in [4.78, 5) is 12.6. The van der Waals surface area contributed by atoms with E-state index in [0.29, 0.717) is 5.92 Å². The number of fused-ring (bicyclic) bond motifs is 2. The Morgan fingerprint density at radius 2 is 1.52 bits per heavy atom. The second kappa shape index (κ2) is 11.6. The molecule has 276 valence electrons. The highest BCUT2D eigenvalue weighted by molar-refractivity contribution is 5.66. The van der Waals surface area contributed by atoms with Crippen LogP contribution in [0.25, 0.3) is 0 Å². The average Bonchev–Trinajstić information content (AvgIpc) is 3.61. The summed E-state index contributed by atoms with van der Waals surface area (Å²) in [7, 11) is 0. The zero-order chi connectivity index (χ0) is 35.6. The van der Waals surface area contributed by atoms with Gasteiger partial charge in [0.2, 0.25) is 0 Å². The topological polar surface area (TPSA) is 186 Å². The number of esters is 1. The van der Waals surface area contributed by atoms with E-state index in [2.05, 4.69) is 27.7 Å². The van der Waals surface area contributed by atoms with Gasteiger partial charge in [-0.25, -0.2) is 0 Å². The molecule has 1 heterocycles. The molecular formula is C37H62O11. The van der Waals surface area contributed by atoms with E-state index in [0.717, 1.165) is 44.9 Å². The quantitative estimate of drug-likeness (QED) is 0.147. The summed E-state index contributed by atoms with van der Waals surface area (Å²) in [5.74, 6) is -0.600. The molecule has 0 radical (unpaired) electrons. The maximum absolute atomic E-state index is 12.6. The normalized spacial score (nSPS) is 51.4. The highest BCUT2D eigenvalue weighted by Crippen LogP contribution is 2.89. The molecule has 3 unspecified atom stereocenters. The molecule has 1 aliphatic heterocycles. The predicted molar refractivity (Wildman–Crippen MR) is 174 cm³/mol. The molecule has 0 aromatic heterocycles. The fraction of sp³-hybridized carbons (Fsp3) is 0.973. The number of hydrogen-bond acceptors (Lipinski definition) is 11. The van der Waals surface area contributed by atoms with Crippen molar-refractivity contribution in [3.05, 3.63) is 0 Å². The van der Waals surface area contributed by atoms with Gasteiger partial charge in [0, 0.05) is 18.3 Å². The maximum atomic E-state index is 12.6. The van der Waals surface area contributed by atoms with Crippen LogP contribution in [-0.4, -0.2) is 109 Å². The molecule has 5 saturated carbocycles. The fourth-order valence-corrected chi connectivity index (χ4v) is 13.0. The van der Waals surface area contributed by atoms with E-state index in [1.165, 1.54) is 20.8 Å². The van der Waals surface area contributed by atoms with Crippen LogP contribution in [0.1, 0.15) is 113 Å². The predicted octanol–water partition coefficient (Wildman–Crippen LogP) is 2.43. The molecule has 5 aliphatic carbocycles. The van der Waals surface area contributed by atoms with Gasteiger partial charge in [-0.05, 0) is 112 Å². The Balaban J connectivity index is 1.29. The lowest BCUT2D eigenvalue weighted by Crippen LogP contribution is -2.62. The molecule has 0 aromatic rings. The van der Waals surface area contributed by atoms with Gasteiger partial charge in [0.25, 0.3) is 0 Å². The van der Waals surface area contributed by atoms with Gasteiger partial charge in [0.1, 0.15) is 24.4 Å². The molecule has 6 rings (SSSR count). The minimum Gasteiger partial charge on any atom is -0.459 e. The van der Waals surface area contributed by atoms with Crippen molar-refractivity contribution in [2.24, 2.45) is 44.8 Å². The number of carbonyl (C=O) groups excluding carboxylic acids is 1. The van der Waals surface area contributed by atoms with E-state index in [1.54, 1.807) is 6.92 Å². The summed E-state index contributed by atoms with van der Waals surface area (Å²) in [6.07, 6.45) is -1.45. The molecule has 16 atom stereocenters. The van der Waals surface area contributed by atoms with Crippen molar-refractivity contribution >= 4 is 5.97 Å². The van der Waals surface area contributed by atoms with Crippen LogP contribution in [0.5, 0.6) is 0 Å². The molecule has 48 heavy (non-hydrogen) atoms. The van der Waals surface area contributed by atoms with Crippen LogP contribution in [0.4, 0.5) is 0 Å². The van der Waals surface area contributed by atoms with Crippen molar-refractivity contribution in [3.63, 3.8) is 0 Å². The zero-order valence-corrected chi connectivity index (χ0v) is 30.2.